The average molecular weight is 612 g/mol. The fraction of sp³-hybridized carbons (Fsp3) is 0.0769. The zero-order chi connectivity index (χ0) is 18.5. The minimum Gasteiger partial charge on any atom is -1.00 e. The number of halogens is 2. The summed E-state index contributed by atoms with van der Waals surface area (Å²) in [5.41, 5.74) is 3.06. The van der Waals surface area contributed by atoms with Crippen molar-refractivity contribution in [2.45, 2.75) is 10.1 Å². The fourth-order valence-electron chi connectivity index (χ4n) is 4.59. The molecule has 0 saturated carbocycles. The first-order chi connectivity index (χ1) is 13.9. The van der Waals surface area contributed by atoms with Crippen LogP contribution in [0.3, 0.4) is 0 Å². The summed E-state index contributed by atoms with van der Waals surface area (Å²) >= 11 is -0.986. The van der Waals surface area contributed by atoms with E-state index >= 15 is 0 Å². The van der Waals surface area contributed by atoms with Crippen LogP contribution in [0, 0.1) is 0 Å². The van der Waals surface area contributed by atoms with E-state index in [1.165, 1.54) is 22.8 Å². The molecule has 0 N–H and O–H groups in total. The molecular weight excluding hydrogens is 593 g/mol. The Balaban J connectivity index is 0.00000109. The molecule has 0 nitrogen and oxygen atoms in total. The average Bonchev–Trinajstić information content (AvgIpc) is 3.45. The van der Waals surface area contributed by atoms with Gasteiger partial charge in [0.25, 0.3) is 0 Å². The molecule has 4 aromatic rings. The Labute approximate surface area is 202 Å². The summed E-state index contributed by atoms with van der Waals surface area (Å²) in [5.74, 6) is 0. The quantitative estimate of drug-likeness (QED) is 0.311. The van der Waals surface area contributed by atoms with E-state index in [1.54, 1.807) is 24.4 Å². The molecular formula is C26H19Cl2HfP. The molecule has 0 radical (unpaired) electrons. The maximum absolute atomic E-state index is 2.56. The van der Waals surface area contributed by atoms with Crippen molar-refractivity contribution in [1.82, 2.24) is 0 Å². The SMILES string of the molecule is C1=CC[C]([Hf+2][CH]2C(p3c4ccccc4c4ccccc43)=Cc3ccccc32)=C1.[Cl-].[Cl-]. The molecule has 1 unspecified atom stereocenters. The Kier molecular flexibility index (Phi) is 6.56. The number of allylic oxidation sites excluding steroid dienone is 5. The van der Waals surface area contributed by atoms with Crippen molar-refractivity contribution in [3.8, 4) is 0 Å². The maximum atomic E-state index is 2.56. The third kappa shape index (κ3) is 3.51. The van der Waals surface area contributed by atoms with Crippen LogP contribution in [0.4, 0.5) is 0 Å². The van der Waals surface area contributed by atoms with E-state index < -0.39 is 30.4 Å². The van der Waals surface area contributed by atoms with Gasteiger partial charge in [0.15, 0.2) is 0 Å². The van der Waals surface area contributed by atoms with Crippen LogP contribution < -0.4 is 24.8 Å². The largest absolute Gasteiger partial charge is 1.00 e. The zero-order valence-corrected chi connectivity index (χ0v) is 22.2. The Morgan fingerprint density at radius 2 is 1.40 bits per heavy atom. The minimum absolute atomic E-state index is 0. The summed E-state index contributed by atoms with van der Waals surface area (Å²) in [5, 5.41) is 7.74. The summed E-state index contributed by atoms with van der Waals surface area (Å²) < 4.78 is 2.44. The number of rotatable bonds is 3. The number of hydrogen-bond acceptors (Lipinski definition) is 0. The van der Waals surface area contributed by atoms with Gasteiger partial charge in [-0.15, -0.1) is 0 Å². The van der Waals surface area contributed by atoms with Gasteiger partial charge in [0.05, 0.1) is 0 Å². The third-order valence-corrected chi connectivity index (χ3v) is 15.3. The molecule has 1 heterocycles. The van der Waals surface area contributed by atoms with Crippen molar-refractivity contribution < 1.29 is 47.7 Å². The summed E-state index contributed by atoms with van der Waals surface area (Å²) in [6, 6.07) is 27.4. The Hall–Kier alpha value is -1.37. The fourth-order valence-corrected chi connectivity index (χ4v) is 14.5. The van der Waals surface area contributed by atoms with Gasteiger partial charge >= 0.3 is 178 Å². The number of benzene rings is 3. The molecule has 3 aromatic carbocycles. The van der Waals surface area contributed by atoms with Crippen LogP contribution in [0.5, 0.6) is 0 Å². The van der Waals surface area contributed by atoms with Crippen molar-refractivity contribution in [2.24, 2.45) is 0 Å². The summed E-state index contributed by atoms with van der Waals surface area (Å²) in [4.78, 5) is 0. The molecule has 0 aliphatic heterocycles. The summed E-state index contributed by atoms with van der Waals surface area (Å²) in [7, 11) is -0.422. The van der Waals surface area contributed by atoms with E-state index in [2.05, 4.69) is 97.1 Å². The van der Waals surface area contributed by atoms with Crippen molar-refractivity contribution in [3.05, 3.63) is 105 Å². The first kappa shape index (κ1) is 21.8. The Morgan fingerprint density at radius 1 is 0.767 bits per heavy atom. The molecule has 0 bridgehead atoms. The summed E-state index contributed by atoms with van der Waals surface area (Å²) in [6.07, 6.45) is 10.8. The van der Waals surface area contributed by atoms with Crippen molar-refractivity contribution >= 4 is 39.9 Å². The van der Waals surface area contributed by atoms with Gasteiger partial charge in [-0.1, -0.05) is 0 Å². The molecule has 30 heavy (non-hydrogen) atoms. The zero-order valence-electron chi connectivity index (χ0n) is 16.2. The molecule has 4 heteroatoms. The van der Waals surface area contributed by atoms with E-state index in [-0.39, 0.29) is 24.8 Å². The number of fused-ring (bicyclic) bond motifs is 4. The Bertz CT molecular complexity index is 1280. The van der Waals surface area contributed by atoms with Gasteiger partial charge in [-0.3, -0.25) is 0 Å². The molecule has 1 atom stereocenters. The van der Waals surface area contributed by atoms with Crippen molar-refractivity contribution in [1.29, 1.82) is 0 Å². The topological polar surface area (TPSA) is 0 Å². The van der Waals surface area contributed by atoms with E-state index in [4.69, 9.17) is 0 Å². The molecule has 2 aliphatic rings. The van der Waals surface area contributed by atoms with Crippen LogP contribution >= 0.6 is 7.53 Å². The molecule has 0 saturated heterocycles. The van der Waals surface area contributed by atoms with Gasteiger partial charge in [-0.05, 0) is 0 Å². The molecule has 6 rings (SSSR count). The van der Waals surface area contributed by atoms with Crippen molar-refractivity contribution in [3.63, 3.8) is 0 Å². The van der Waals surface area contributed by atoms with Gasteiger partial charge in [0.2, 0.25) is 0 Å². The van der Waals surface area contributed by atoms with E-state index in [9.17, 15) is 0 Å². The van der Waals surface area contributed by atoms with Gasteiger partial charge in [-0.25, -0.2) is 0 Å². The van der Waals surface area contributed by atoms with E-state index in [0.29, 0.717) is 3.67 Å². The predicted molar refractivity (Wildman–Crippen MR) is 119 cm³/mol. The van der Waals surface area contributed by atoms with Crippen LogP contribution in [0.2, 0.25) is 0 Å². The molecule has 2 aliphatic carbocycles. The van der Waals surface area contributed by atoms with Gasteiger partial charge < -0.3 is 24.8 Å². The summed E-state index contributed by atoms with van der Waals surface area (Å²) in [6.45, 7) is 0. The van der Waals surface area contributed by atoms with Crippen LogP contribution in [0.1, 0.15) is 21.2 Å². The standard InChI is InChI=1S/C21H14P.C5H5.2ClH.Hf/c1-2-8-16-14-17(13-15(16)7-1)22-20-11-5-3-9-18(20)19-10-4-6-12-21(19)22;1-2-4-5-3-1;;;/h1-14H;1-3H,4H2;2*1H;/q;;;;+2/p-2. The van der Waals surface area contributed by atoms with Gasteiger partial charge in [0, 0.05) is 0 Å². The predicted octanol–water partition coefficient (Wildman–Crippen LogP) is 1.97. The van der Waals surface area contributed by atoms with Gasteiger partial charge in [-0.2, -0.15) is 0 Å². The van der Waals surface area contributed by atoms with Gasteiger partial charge in [0.1, 0.15) is 0 Å². The van der Waals surface area contributed by atoms with Crippen LogP contribution in [-0.4, -0.2) is 0 Å². The molecule has 0 spiro atoms. The number of hydrogen-bond donors (Lipinski definition) is 0. The normalized spacial score (nSPS) is 16.5. The van der Waals surface area contributed by atoms with E-state index in [0.717, 1.165) is 0 Å². The van der Waals surface area contributed by atoms with Crippen molar-refractivity contribution in [2.75, 3.05) is 0 Å². The van der Waals surface area contributed by atoms with E-state index in [1.807, 2.05) is 0 Å². The monoisotopic (exact) mass is 612 g/mol. The molecule has 0 fully saturated rings. The minimum atomic E-state index is -0.986. The second kappa shape index (κ2) is 9.01. The third-order valence-electron chi connectivity index (χ3n) is 5.85. The van der Waals surface area contributed by atoms with Crippen LogP contribution in [0.15, 0.2) is 94.4 Å². The Morgan fingerprint density at radius 3 is 2.07 bits per heavy atom. The maximum Gasteiger partial charge on any atom is -1.00 e. The van der Waals surface area contributed by atoms with Crippen LogP contribution in [0.25, 0.3) is 32.4 Å². The second-order valence-corrected chi connectivity index (χ2v) is 15.0. The molecule has 1 aromatic heterocycles. The first-order valence-corrected chi connectivity index (χ1v) is 15.0. The second-order valence-electron chi connectivity index (χ2n) is 7.47. The van der Waals surface area contributed by atoms with Crippen LogP contribution in [-0.2, 0) is 22.9 Å². The molecule has 0 amide bonds. The first-order valence-electron chi connectivity index (χ1n) is 9.81. The molecule has 146 valence electrons. The smallest absolute Gasteiger partial charge is 1.00 e.